The molecule has 2 rings (SSSR count). The van der Waals surface area contributed by atoms with Crippen LogP contribution >= 0.6 is 11.3 Å². The Bertz CT molecular complexity index is 565. The highest BCUT2D eigenvalue weighted by atomic mass is 32.1. The van der Waals surface area contributed by atoms with E-state index >= 15 is 0 Å². The Hall–Kier alpha value is -1.95. The summed E-state index contributed by atoms with van der Waals surface area (Å²) >= 11 is 1.43. The molecule has 0 radical (unpaired) electrons. The van der Waals surface area contributed by atoms with E-state index in [2.05, 4.69) is 27.8 Å². The van der Waals surface area contributed by atoms with Gasteiger partial charge in [-0.2, -0.15) is 0 Å². The van der Waals surface area contributed by atoms with Crippen molar-refractivity contribution in [3.8, 4) is 0 Å². The van der Waals surface area contributed by atoms with Crippen LogP contribution in [-0.2, 0) is 11.2 Å². The van der Waals surface area contributed by atoms with Crippen LogP contribution in [0, 0.1) is 6.92 Å². The minimum Gasteiger partial charge on any atom is -0.376 e. The molecule has 0 saturated heterocycles. The molecule has 6 heteroatoms. The lowest BCUT2D eigenvalue weighted by molar-refractivity contribution is -0.114. The summed E-state index contributed by atoms with van der Waals surface area (Å²) in [7, 11) is 0. The fraction of sp³-hybridized carbons (Fsp3) is 0.357. The van der Waals surface area contributed by atoms with E-state index in [1.165, 1.54) is 16.9 Å². The van der Waals surface area contributed by atoms with Crippen molar-refractivity contribution in [3.63, 3.8) is 0 Å². The molecule has 106 valence electrons. The molecule has 0 spiro atoms. The molecule has 5 nitrogen and oxygen atoms in total. The van der Waals surface area contributed by atoms with E-state index in [9.17, 15) is 4.79 Å². The highest BCUT2D eigenvalue weighted by Crippen LogP contribution is 2.16. The zero-order valence-electron chi connectivity index (χ0n) is 11.6. The number of benzene rings is 1. The first-order valence-corrected chi connectivity index (χ1v) is 7.42. The van der Waals surface area contributed by atoms with Crippen molar-refractivity contribution in [2.45, 2.75) is 26.7 Å². The van der Waals surface area contributed by atoms with Crippen molar-refractivity contribution in [2.24, 2.45) is 0 Å². The third-order valence-corrected chi connectivity index (χ3v) is 3.58. The van der Waals surface area contributed by atoms with Crippen LogP contribution in [0.5, 0.6) is 0 Å². The normalized spacial score (nSPS) is 10.3. The highest BCUT2D eigenvalue weighted by Gasteiger charge is 2.07. The molecule has 0 aliphatic rings. The number of carbonyl (C=O) groups is 1. The van der Waals surface area contributed by atoms with Gasteiger partial charge >= 0.3 is 0 Å². The first kappa shape index (κ1) is 14.5. The molecule has 0 fully saturated rings. The summed E-state index contributed by atoms with van der Waals surface area (Å²) in [6.07, 6.45) is 1.92. The quantitative estimate of drug-likeness (QED) is 0.858. The summed E-state index contributed by atoms with van der Waals surface area (Å²) in [5.41, 5.74) is 2.12. The van der Waals surface area contributed by atoms with Crippen LogP contribution in [0.4, 0.5) is 10.8 Å². The number of carbonyl (C=O) groups excluding carboxylic acids is 1. The third-order valence-electron chi connectivity index (χ3n) is 2.68. The van der Waals surface area contributed by atoms with Crippen LogP contribution in [0.15, 0.2) is 24.3 Å². The van der Waals surface area contributed by atoms with Crippen LogP contribution in [0.2, 0.25) is 0 Å². The number of rotatable bonds is 6. The summed E-state index contributed by atoms with van der Waals surface area (Å²) in [4.78, 5) is 11.8. The van der Waals surface area contributed by atoms with Crippen molar-refractivity contribution >= 4 is 28.1 Å². The van der Waals surface area contributed by atoms with E-state index in [0.29, 0.717) is 5.13 Å². The molecule has 0 unspecified atom stereocenters. The fourth-order valence-corrected chi connectivity index (χ4v) is 2.49. The molecule has 1 amide bonds. The number of hydrogen-bond donors (Lipinski definition) is 2. The molecule has 1 heterocycles. The molecule has 0 aliphatic carbocycles. The van der Waals surface area contributed by atoms with Crippen molar-refractivity contribution in [3.05, 3.63) is 34.8 Å². The van der Waals surface area contributed by atoms with Crippen molar-refractivity contribution in [2.75, 3.05) is 17.2 Å². The van der Waals surface area contributed by atoms with E-state index < -0.39 is 0 Å². The fourth-order valence-electron chi connectivity index (χ4n) is 1.64. The van der Waals surface area contributed by atoms with Gasteiger partial charge in [0.25, 0.3) is 0 Å². The van der Waals surface area contributed by atoms with Crippen LogP contribution in [0.3, 0.4) is 0 Å². The average molecular weight is 290 g/mol. The Labute approximate surface area is 122 Å². The van der Waals surface area contributed by atoms with Crippen LogP contribution < -0.4 is 10.6 Å². The Kier molecular flexibility index (Phi) is 5.06. The maximum atomic E-state index is 11.8. The molecule has 20 heavy (non-hydrogen) atoms. The minimum absolute atomic E-state index is 0.121. The van der Waals surface area contributed by atoms with Crippen molar-refractivity contribution in [1.82, 2.24) is 10.2 Å². The molecule has 0 saturated carbocycles. The molecule has 2 aromatic rings. The molecule has 2 N–H and O–H groups in total. The number of nitrogens with zero attached hydrogens (tertiary/aromatic N) is 2. The number of aromatic nitrogens is 2. The van der Waals surface area contributed by atoms with Gasteiger partial charge in [-0.25, -0.2) is 0 Å². The molecule has 0 atom stereocenters. The van der Waals surface area contributed by atoms with Gasteiger partial charge in [0.2, 0.25) is 11.0 Å². The second-order valence-corrected chi connectivity index (χ2v) is 5.58. The number of nitrogens with one attached hydrogen (secondary N) is 2. The Morgan fingerprint density at radius 1 is 1.25 bits per heavy atom. The molecule has 1 aromatic carbocycles. The summed E-state index contributed by atoms with van der Waals surface area (Å²) in [5.74, 6) is -0.121. The SMILES string of the molecule is CCCc1nnc(NC(=O)CNc2ccc(C)cc2)s1. The maximum absolute atomic E-state index is 11.8. The second kappa shape index (κ2) is 7.00. The predicted molar refractivity (Wildman–Crippen MR) is 82.2 cm³/mol. The smallest absolute Gasteiger partial charge is 0.245 e. The zero-order chi connectivity index (χ0) is 14.4. The van der Waals surface area contributed by atoms with Crippen molar-refractivity contribution in [1.29, 1.82) is 0 Å². The van der Waals surface area contributed by atoms with Gasteiger partial charge in [0.15, 0.2) is 0 Å². The standard InChI is InChI=1S/C14H18N4OS/c1-3-4-13-17-18-14(20-13)16-12(19)9-15-11-7-5-10(2)6-8-11/h5-8,15H,3-4,9H2,1-2H3,(H,16,18,19). The van der Waals surface area contributed by atoms with E-state index in [4.69, 9.17) is 0 Å². The Morgan fingerprint density at radius 2 is 2.00 bits per heavy atom. The molecular weight excluding hydrogens is 272 g/mol. The third kappa shape index (κ3) is 4.31. The molecule has 0 aliphatic heterocycles. The van der Waals surface area contributed by atoms with Gasteiger partial charge < -0.3 is 5.32 Å². The van der Waals surface area contributed by atoms with Gasteiger partial charge in [-0.3, -0.25) is 10.1 Å². The second-order valence-electron chi connectivity index (χ2n) is 4.52. The Morgan fingerprint density at radius 3 is 2.70 bits per heavy atom. The average Bonchev–Trinajstić information content (AvgIpc) is 2.86. The Balaban J connectivity index is 1.81. The minimum atomic E-state index is -0.121. The van der Waals surface area contributed by atoms with Crippen LogP contribution in [0.1, 0.15) is 23.9 Å². The van der Waals surface area contributed by atoms with E-state index in [-0.39, 0.29) is 12.5 Å². The first-order valence-electron chi connectivity index (χ1n) is 6.60. The lowest BCUT2D eigenvalue weighted by Crippen LogP contribution is -2.21. The summed E-state index contributed by atoms with van der Waals surface area (Å²) in [6, 6.07) is 7.91. The molecule has 0 bridgehead atoms. The van der Waals surface area contributed by atoms with Crippen molar-refractivity contribution < 1.29 is 4.79 Å². The summed E-state index contributed by atoms with van der Waals surface area (Å²) < 4.78 is 0. The molecular formula is C14H18N4OS. The van der Waals surface area contributed by atoms with Crippen LogP contribution in [-0.4, -0.2) is 22.6 Å². The number of anilines is 2. The number of hydrogen-bond acceptors (Lipinski definition) is 5. The summed E-state index contributed by atoms with van der Waals surface area (Å²) in [6.45, 7) is 4.33. The number of amides is 1. The van der Waals surface area contributed by atoms with Gasteiger partial charge in [0, 0.05) is 12.1 Å². The molecule has 1 aromatic heterocycles. The highest BCUT2D eigenvalue weighted by molar-refractivity contribution is 7.15. The lowest BCUT2D eigenvalue weighted by Gasteiger charge is -2.05. The van der Waals surface area contributed by atoms with Gasteiger partial charge in [0.1, 0.15) is 5.01 Å². The lowest BCUT2D eigenvalue weighted by atomic mass is 10.2. The maximum Gasteiger partial charge on any atom is 0.245 e. The first-order chi connectivity index (χ1) is 9.67. The summed E-state index contributed by atoms with van der Waals surface area (Å²) in [5, 5.41) is 15.3. The van der Waals surface area contributed by atoms with Crippen LogP contribution in [0.25, 0.3) is 0 Å². The van der Waals surface area contributed by atoms with Gasteiger partial charge in [-0.05, 0) is 25.5 Å². The predicted octanol–water partition coefficient (Wildman–Crippen LogP) is 2.85. The van der Waals surface area contributed by atoms with E-state index in [0.717, 1.165) is 23.5 Å². The van der Waals surface area contributed by atoms with Gasteiger partial charge in [-0.15, -0.1) is 10.2 Å². The van der Waals surface area contributed by atoms with E-state index in [1.807, 2.05) is 31.2 Å². The largest absolute Gasteiger partial charge is 0.376 e. The number of aryl methyl sites for hydroxylation is 2. The van der Waals surface area contributed by atoms with E-state index in [1.54, 1.807) is 0 Å². The topological polar surface area (TPSA) is 66.9 Å². The van der Waals surface area contributed by atoms with Gasteiger partial charge in [0.05, 0.1) is 6.54 Å². The van der Waals surface area contributed by atoms with Gasteiger partial charge in [-0.1, -0.05) is 36.0 Å². The monoisotopic (exact) mass is 290 g/mol. The zero-order valence-corrected chi connectivity index (χ0v) is 12.5.